The molecule has 72 valence electrons. The fourth-order valence-corrected chi connectivity index (χ4v) is 1.57. The Hall–Kier alpha value is -1.37. The van der Waals surface area contributed by atoms with Crippen LogP contribution < -0.4 is 5.32 Å². The van der Waals surface area contributed by atoms with Crippen molar-refractivity contribution in [3.63, 3.8) is 0 Å². The molecule has 0 bridgehead atoms. The van der Waals surface area contributed by atoms with Crippen molar-refractivity contribution in [2.75, 3.05) is 19.8 Å². The monoisotopic (exact) mass is 188 g/mol. The van der Waals surface area contributed by atoms with Crippen LogP contribution in [-0.2, 0) is 4.74 Å². The number of nitrogens with zero attached hydrogens (tertiary/aromatic N) is 1. The quantitative estimate of drug-likeness (QED) is 0.720. The molecule has 3 nitrogen and oxygen atoms in total. The number of ether oxygens (including phenoxy) is 1. The number of morpholine rings is 1. The molecule has 1 heterocycles. The van der Waals surface area contributed by atoms with Crippen LogP contribution in [0.15, 0.2) is 24.3 Å². The summed E-state index contributed by atoms with van der Waals surface area (Å²) < 4.78 is 5.37. The van der Waals surface area contributed by atoms with Crippen LogP contribution in [0.5, 0.6) is 0 Å². The molecule has 1 atom stereocenters. The van der Waals surface area contributed by atoms with E-state index in [9.17, 15) is 0 Å². The Labute approximate surface area is 83.3 Å². The van der Waals surface area contributed by atoms with Gasteiger partial charge in [0.2, 0.25) is 0 Å². The molecule has 0 spiro atoms. The first kappa shape index (κ1) is 9.20. The predicted molar refractivity (Wildman–Crippen MR) is 52.7 cm³/mol. The summed E-state index contributed by atoms with van der Waals surface area (Å²) in [7, 11) is 0. The number of hydrogen-bond donors (Lipinski definition) is 1. The van der Waals surface area contributed by atoms with Crippen molar-refractivity contribution in [1.82, 2.24) is 5.32 Å². The van der Waals surface area contributed by atoms with Crippen LogP contribution in [0.2, 0.25) is 0 Å². The summed E-state index contributed by atoms with van der Waals surface area (Å²) >= 11 is 0. The summed E-state index contributed by atoms with van der Waals surface area (Å²) in [6, 6.07) is 10.0. The third-order valence-electron chi connectivity index (χ3n) is 2.36. The molecule has 1 aliphatic rings. The molecule has 0 aliphatic carbocycles. The Kier molecular flexibility index (Phi) is 2.78. The van der Waals surface area contributed by atoms with Gasteiger partial charge in [-0.25, -0.2) is 0 Å². The maximum Gasteiger partial charge on any atom is 0.0991 e. The molecular weight excluding hydrogens is 176 g/mol. The van der Waals surface area contributed by atoms with E-state index in [0.29, 0.717) is 12.2 Å². The Morgan fingerprint density at radius 1 is 1.36 bits per heavy atom. The van der Waals surface area contributed by atoms with Gasteiger partial charge in [0.05, 0.1) is 30.9 Å². The van der Waals surface area contributed by atoms with Gasteiger partial charge >= 0.3 is 0 Å². The third-order valence-corrected chi connectivity index (χ3v) is 2.36. The lowest BCUT2D eigenvalue weighted by atomic mass is 10.1. The molecule has 1 saturated heterocycles. The zero-order chi connectivity index (χ0) is 9.80. The highest BCUT2D eigenvalue weighted by Gasteiger charge is 2.14. The van der Waals surface area contributed by atoms with Gasteiger partial charge in [-0.2, -0.15) is 5.26 Å². The summed E-state index contributed by atoms with van der Waals surface area (Å²) in [5, 5.41) is 12.0. The van der Waals surface area contributed by atoms with Crippen molar-refractivity contribution >= 4 is 0 Å². The second kappa shape index (κ2) is 4.23. The average molecular weight is 188 g/mol. The Morgan fingerprint density at radius 2 is 2.14 bits per heavy atom. The number of rotatable bonds is 1. The Balaban J connectivity index is 2.12. The molecule has 1 fully saturated rings. The molecular formula is C11H12N2O. The van der Waals surface area contributed by atoms with Gasteiger partial charge in [-0.1, -0.05) is 12.1 Å². The molecule has 0 radical (unpaired) electrons. The largest absolute Gasteiger partial charge is 0.378 e. The molecule has 14 heavy (non-hydrogen) atoms. The first-order valence-electron chi connectivity index (χ1n) is 4.71. The van der Waals surface area contributed by atoms with Crippen LogP contribution >= 0.6 is 0 Å². The van der Waals surface area contributed by atoms with Crippen LogP contribution in [0.1, 0.15) is 17.2 Å². The van der Waals surface area contributed by atoms with Crippen molar-refractivity contribution in [1.29, 1.82) is 5.26 Å². The fraction of sp³-hybridized carbons (Fsp3) is 0.364. The van der Waals surface area contributed by atoms with Crippen molar-refractivity contribution in [3.05, 3.63) is 35.4 Å². The van der Waals surface area contributed by atoms with Crippen LogP contribution in [0.25, 0.3) is 0 Å². The first-order valence-corrected chi connectivity index (χ1v) is 4.71. The van der Waals surface area contributed by atoms with E-state index in [1.54, 1.807) is 0 Å². The average Bonchev–Trinajstić information content (AvgIpc) is 2.30. The Morgan fingerprint density at radius 3 is 2.71 bits per heavy atom. The van der Waals surface area contributed by atoms with Crippen molar-refractivity contribution in [2.24, 2.45) is 0 Å². The number of nitriles is 1. The summed E-state index contributed by atoms with van der Waals surface area (Å²) in [4.78, 5) is 0. The van der Waals surface area contributed by atoms with Gasteiger partial charge in [-0.15, -0.1) is 0 Å². The number of benzene rings is 1. The highest BCUT2D eigenvalue weighted by atomic mass is 16.5. The topological polar surface area (TPSA) is 45.0 Å². The zero-order valence-electron chi connectivity index (χ0n) is 7.86. The van der Waals surface area contributed by atoms with Gasteiger partial charge in [-0.05, 0) is 17.7 Å². The van der Waals surface area contributed by atoms with Crippen LogP contribution in [0.3, 0.4) is 0 Å². The van der Waals surface area contributed by atoms with Crippen molar-refractivity contribution in [2.45, 2.75) is 6.04 Å². The van der Waals surface area contributed by atoms with Gasteiger partial charge in [0.15, 0.2) is 0 Å². The molecule has 0 unspecified atom stereocenters. The maximum absolute atomic E-state index is 8.65. The lowest BCUT2D eigenvalue weighted by molar-refractivity contribution is 0.0769. The summed E-state index contributed by atoms with van der Waals surface area (Å²) in [5.41, 5.74) is 1.88. The van der Waals surface area contributed by atoms with Crippen molar-refractivity contribution < 1.29 is 4.74 Å². The van der Waals surface area contributed by atoms with E-state index in [-0.39, 0.29) is 6.04 Å². The second-order valence-corrected chi connectivity index (χ2v) is 3.32. The highest BCUT2D eigenvalue weighted by Crippen LogP contribution is 2.15. The minimum Gasteiger partial charge on any atom is -0.378 e. The molecule has 1 aromatic rings. The fourth-order valence-electron chi connectivity index (χ4n) is 1.57. The van der Waals surface area contributed by atoms with E-state index in [0.717, 1.165) is 13.2 Å². The lowest BCUT2D eigenvalue weighted by Crippen LogP contribution is -2.34. The Bertz CT molecular complexity index is 333. The smallest absolute Gasteiger partial charge is 0.0991 e. The first-order chi connectivity index (χ1) is 6.90. The number of nitrogens with one attached hydrogen (secondary N) is 1. The maximum atomic E-state index is 8.65. The van der Waals surface area contributed by atoms with E-state index in [2.05, 4.69) is 11.4 Å². The van der Waals surface area contributed by atoms with Crippen LogP contribution in [-0.4, -0.2) is 19.8 Å². The normalized spacial score (nSPS) is 21.5. The molecule has 1 aliphatic heterocycles. The molecule has 0 saturated carbocycles. The van der Waals surface area contributed by atoms with Gasteiger partial charge in [0, 0.05) is 6.54 Å². The van der Waals surface area contributed by atoms with Crippen LogP contribution in [0.4, 0.5) is 0 Å². The highest BCUT2D eigenvalue weighted by molar-refractivity contribution is 5.33. The van der Waals surface area contributed by atoms with Crippen molar-refractivity contribution in [3.8, 4) is 6.07 Å². The van der Waals surface area contributed by atoms with Gasteiger partial charge < -0.3 is 10.1 Å². The SMILES string of the molecule is N#Cc1ccc([C@H]2COCCN2)cc1. The van der Waals surface area contributed by atoms with E-state index in [1.165, 1.54) is 5.56 Å². The predicted octanol–water partition coefficient (Wildman–Crippen LogP) is 1.22. The summed E-state index contributed by atoms with van der Waals surface area (Å²) in [5.74, 6) is 0. The molecule has 1 aromatic carbocycles. The summed E-state index contributed by atoms with van der Waals surface area (Å²) in [6.45, 7) is 2.39. The van der Waals surface area contributed by atoms with E-state index in [4.69, 9.17) is 10.00 Å². The summed E-state index contributed by atoms with van der Waals surface area (Å²) in [6.07, 6.45) is 0. The molecule has 1 N–H and O–H groups in total. The third kappa shape index (κ3) is 1.92. The standard InChI is InChI=1S/C11H12N2O/c12-7-9-1-3-10(4-2-9)11-8-14-6-5-13-11/h1-4,11,13H,5-6,8H2/t11-/m1/s1. The lowest BCUT2D eigenvalue weighted by Gasteiger charge is -2.24. The van der Waals surface area contributed by atoms with E-state index >= 15 is 0 Å². The number of hydrogen-bond acceptors (Lipinski definition) is 3. The van der Waals surface area contributed by atoms with Crippen LogP contribution in [0, 0.1) is 11.3 Å². The van der Waals surface area contributed by atoms with Gasteiger partial charge in [-0.3, -0.25) is 0 Å². The van der Waals surface area contributed by atoms with E-state index < -0.39 is 0 Å². The molecule has 3 heteroatoms. The second-order valence-electron chi connectivity index (χ2n) is 3.32. The minimum atomic E-state index is 0.275. The van der Waals surface area contributed by atoms with Gasteiger partial charge in [0.25, 0.3) is 0 Å². The van der Waals surface area contributed by atoms with E-state index in [1.807, 2.05) is 24.3 Å². The zero-order valence-corrected chi connectivity index (χ0v) is 7.86. The van der Waals surface area contributed by atoms with Gasteiger partial charge in [0.1, 0.15) is 0 Å². The molecule has 2 rings (SSSR count). The molecule has 0 amide bonds. The molecule has 0 aromatic heterocycles. The minimum absolute atomic E-state index is 0.275.